The quantitative estimate of drug-likeness (QED) is 0.434. The molecule has 60 valence electrons. The lowest BCUT2D eigenvalue weighted by molar-refractivity contribution is 0.273. The molecule has 1 aromatic rings. The van der Waals surface area contributed by atoms with E-state index in [0.29, 0.717) is 12.0 Å². The zero-order valence-electron chi connectivity index (χ0n) is 6.14. The van der Waals surface area contributed by atoms with Crippen LogP contribution in [0.15, 0.2) is 29.5 Å². The molecule has 3 N–H and O–H groups in total. The minimum absolute atomic E-state index is 0.0944. The Morgan fingerprint density at radius 3 is 3.00 bits per heavy atom. The first-order valence-electron chi connectivity index (χ1n) is 3.38. The summed E-state index contributed by atoms with van der Waals surface area (Å²) >= 11 is 0. The fourth-order valence-electron chi connectivity index (χ4n) is 0.881. The Morgan fingerprint density at radius 2 is 2.36 bits per heavy atom. The lowest BCUT2D eigenvalue weighted by Gasteiger charge is -2.02. The van der Waals surface area contributed by atoms with Gasteiger partial charge in [0.1, 0.15) is 0 Å². The highest BCUT2D eigenvalue weighted by Gasteiger charge is 1.88. The van der Waals surface area contributed by atoms with E-state index in [-0.39, 0.29) is 6.61 Å². The minimum Gasteiger partial charge on any atom is -0.395 e. The molecule has 0 aliphatic carbocycles. The van der Waals surface area contributed by atoms with Crippen LogP contribution in [-0.2, 0) is 6.54 Å². The first-order valence-corrected chi connectivity index (χ1v) is 3.38. The van der Waals surface area contributed by atoms with Gasteiger partial charge in [0.05, 0.1) is 6.61 Å². The SMILES string of the molecule is NN=c1ccccn1CCO. The summed E-state index contributed by atoms with van der Waals surface area (Å²) in [5.74, 6) is 5.10. The molecule has 0 aliphatic rings. The topological polar surface area (TPSA) is 63.5 Å². The van der Waals surface area contributed by atoms with Gasteiger partial charge in [0, 0.05) is 12.7 Å². The van der Waals surface area contributed by atoms with Crippen LogP contribution in [0.2, 0.25) is 0 Å². The molecule has 0 amide bonds. The van der Waals surface area contributed by atoms with E-state index in [2.05, 4.69) is 5.10 Å². The van der Waals surface area contributed by atoms with Gasteiger partial charge in [0.15, 0.2) is 5.49 Å². The number of nitrogens with two attached hydrogens (primary N) is 1. The summed E-state index contributed by atoms with van der Waals surface area (Å²) in [6.07, 6.45) is 1.82. The number of aliphatic hydroxyl groups is 1. The molecule has 0 spiro atoms. The molecule has 1 rings (SSSR count). The third-order valence-electron chi connectivity index (χ3n) is 1.39. The van der Waals surface area contributed by atoms with Gasteiger partial charge < -0.3 is 15.5 Å². The van der Waals surface area contributed by atoms with E-state index in [0.717, 1.165) is 0 Å². The molecule has 1 heterocycles. The molecule has 0 unspecified atom stereocenters. The van der Waals surface area contributed by atoms with Crippen LogP contribution in [-0.4, -0.2) is 16.3 Å². The van der Waals surface area contributed by atoms with E-state index in [4.69, 9.17) is 10.9 Å². The van der Waals surface area contributed by atoms with Crippen molar-refractivity contribution in [2.75, 3.05) is 6.61 Å². The van der Waals surface area contributed by atoms with E-state index < -0.39 is 0 Å². The van der Waals surface area contributed by atoms with Crippen molar-refractivity contribution in [3.05, 3.63) is 29.9 Å². The van der Waals surface area contributed by atoms with Crippen LogP contribution < -0.4 is 11.3 Å². The number of rotatable bonds is 2. The second kappa shape index (κ2) is 3.78. The van der Waals surface area contributed by atoms with Gasteiger partial charge in [0.2, 0.25) is 0 Å². The Labute approximate surface area is 64.6 Å². The monoisotopic (exact) mass is 153 g/mol. The second-order valence-electron chi connectivity index (χ2n) is 2.10. The molecule has 0 saturated carbocycles. The molecular weight excluding hydrogens is 142 g/mol. The zero-order valence-corrected chi connectivity index (χ0v) is 6.14. The highest BCUT2D eigenvalue weighted by atomic mass is 16.3. The summed E-state index contributed by atoms with van der Waals surface area (Å²) in [7, 11) is 0. The molecule has 0 aliphatic heterocycles. The average molecular weight is 153 g/mol. The third-order valence-corrected chi connectivity index (χ3v) is 1.39. The van der Waals surface area contributed by atoms with Crippen molar-refractivity contribution >= 4 is 0 Å². The Kier molecular flexibility index (Phi) is 2.68. The van der Waals surface area contributed by atoms with Crippen LogP contribution in [0.3, 0.4) is 0 Å². The van der Waals surface area contributed by atoms with E-state index in [1.165, 1.54) is 0 Å². The third kappa shape index (κ3) is 1.81. The van der Waals surface area contributed by atoms with Gasteiger partial charge in [-0.2, -0.15) is 5.10 Å². The van der Waals surface area contributed by atoms with Crippen molar-refractivity contribution in [3.63, 3.8) is 0 Å². The fraction of sp³-hybridized carbons (Fsp3) is 0.286. The molecule has 0 radical (unpaired) electrons. The molecule has 11 heavy (non-hydrogen) atoms. The Hall–Kier alpha value is -1.29. The summed E-state index contributed by atoms with van der Waals surface area (Å²) in [4.78, 5) is 0. The van der Waals surface area contributed by atoms with Crippen LogP contribution in [0.4, 0.5) is 0 Å². The largest absolute Gasteiger partial charge is 0.395 e. The van der Waals surface area contributed by atoms with E-state index >= 15 is 0 Å². The molecule has 4 heteroatoms. The molecule has 0 fully saturated rings. The van der Waals surface area contributed by atoms with E-state index in [9.17, 15) is 0 Å². The van der Waals surface area contributed by atoms with Crippen molar-refractivity contribution < 1.29 is 5.11 Å². The van der Waals surface area contributed by atoms with Crippen LogP contribution in [0.1, 0.15) is 0 Å². The van der Waals surface area contributed by atoms with Crippen molar-refractivity contribution in [2.45, 2.75) is 6.54 Å². The molecule has 0 atom stereocenters. The molecule has 1 aromatic heterocycles. The molecule has 4 nitrogen and oxygen atoms in total. The summed E-state index contributed by atoms with van der Waals surface area (Å²) in [5.41, 5.74) is 0.668. The average Bonchev–Trinajstić information content (AvgIpc) is 2.06. The Balaban J connectivity index is 3.03. The van der Waals surface area contributed by atoms with Gasteiger partial charge in [-0.1, -0.05) is 6.07 Å². The highest BCUT2D eigenvalue weighted by molar-refractivity contribution is 4.92. The van der Waals surface area contributed by atoms with E-state index in [1.54, 1.807) is 10.6 Å². The van der Waals surface area contributed by atoms with Crippen molar-refractivity contribution in [1.82, 2.24) is 4.57 Å². The Morgan fingerprint density at radius 1 is 1.55 bits per heavy atom. The molecule has 0 saturated heterocycles. The summed E-state index contributed by atoms with van der Waals surface area (Å²) < 4.78 is 1.78. The standard InChI is InChI=1S/C7H11N3O/c8-9-7-3-1-2-4-10(7)5-6-11/h1-4,11H,5-6,8H2. The van der Waals surface area contributed by atoms with Gasteiger partial charge in [-0.3, -0.25) is 0 Å². The zero-order chi connectivity index (χ0) is 8.10. The van der Waals surface area contributed by atoms with Gasteiger partial charge in [-0.15, -0.1) is 0 Å². The first kappa shape index (κ1) is 7.81. The van der Waals surface area contributed by atoms with Crippen LogP contribution in [0.25, 0.3) is 0 Å². The predicted octanol–water partition coefficient (Wildman–Crippen LogP) is -0.745. The van der Waals surface area contributed by atoms with Crippen LogP contribution in [0, 0.1) is 0 Å². The summed E-state index contributed by atoms with van der Waals surface area (Å²) in [5, 5.41) is 12.2. The lowest BCUT2D eigenvalue weighted by atomic mass is 10.4. The predicted molar refractivity (Wildman–Crippen MR) is 41.3 cm³/mol. The maximum Gasteiger partial charge on any atom is 0.152 e. The summed E-state index contributed by atoms with van der Waals surface area (Å²) in [6.45, 7) is 0.619. The van der Waals surface area contributed by atoms with E-state index in [1.807, 2.05) is 18.3 Å². The van der Waals surface area contributed by atoms with Crippen LogP contribution >= 0.6 is 0 Å². The van der Waals surface area contributed by atoms with Crippen molar-refractivity contribution in [3.8, 4) is 0 Å². The number of pyridine rings is 1. The lowest BCUT2D eigenvalue weighted by Crippen LogP contribution is -2.22. The minimum atomic E-state index is 0.0944. The number of aromatic nitrogens is 1. The fourth-order valence-corrected chi connectivity index (χ4v) is 0.881. The van der Waals surface area contributed by atoms with Gasteiger partial charge in [-0.05, 0) is 12.1 Å². The van der Waals surface area contributed by atoms with Crippen molar-refractivity contribution in [1.29, 1.82) is 0 Å². The molecular formula is C7H11N3O. The Bertz CT molecular complexity index is 279. The van der Waals surface area contributed by atoms with Gasteiger partial charge in [0.25, 0.3) is 0 Å². The number of aliphatic hydroxyl groups excluding tert-OH is 1. The summed E-state index contributed by atoms with van der Waals surface area (Å²) in [6, 6.07) is 5.50. The number of hydrogen-bond donors (Lipinski definition) is 2. The highest BCUT2D eigenvalue weighted by Crippen LogP contribution is 1.80. The number of hydrogen-bond acceptors (Lipinski definition) is 3. The van der Waals surface area contributed by atoms with Gasteiger partial charge in [-0.25, -0.2) is 0 Å². The molecule has 0 aromatic carbocycles. The van der Waals surface area contributed by atoms with Gasteiger partial charge >= 0.3 is 0 Å². The second-order valence-corrected chi connectivity index (χ2v) is 2.10. The smallest absolute Gasteiger partial charge is 0.152 e. The first-order chi connectivity index (χ1) is 5.38. The van der Waals surface area contributed by atoms with Crippen LogP contribution in [0.5, 0.6) is 0 Å². The maximum absolute atomic E-state index is 8.64. The molecule has 0 bridgehead atoms. The van der Waals surface area contributed by atoms with Crippen molar-refractivity contribution in [2.24, 2.45) is 10.9 Å². The maximum atomic E-state index is 8.64. The number of nitrogens with zero attached hydrogens (tertiary/aromatic N) is 2. The normalized spacial score (nSPS) is 11.9.